The Morgan fingerprint density at radius 2 is 1.56 bits per heavy atom. The van der Waals surface area contributed by atoms with Gasteiger partial charge in [0.05, 0.1) is 0 Å². The van der Waals surface area contributed by atoms with Crippen molar-refractivity contribution >= 4 is 0 Å². The van der Waals surface area contributed by atoms with E-state index in [0.29, 0.717) is 0 Å². The molecule has 0 bridgehead atoms. The van der Waals surface area contributed by atoms with E-state index in [0.717, 1.165) is 24.2 Å². The van der Waals surface area contributed by atoms with Gasteiger partial charge in [-0.15, -0.1) is 0 Å². The van der Waals surface area contributed by atoms with Gasteiger partial charge in [-0.25, -0.2) is 0 Å². The maximum Gasteiger partial charge on any atom is -0.0159 e. The number of rotatable bonds is 12. The summed E-state index contributed by atoms with van der Waals surface area (Å²) in [7, 11) is 0. The van der Waals surface area contributed by atoms with Gasteiger partial charge >= 0.3 is 0 Å². The molecule has 1 unspecified atom stereocenters. The summed E-state index contributed by atoms with van der Waals surface area (Å²) in [6.07, 6.45) is 17.5. The van der Waals surface area contributed by atoms with Crippen molar-refractivity contribution in [3.05, 3.63) is 70.3 Å². The second kappa shape index (κ2) is 13.2. The van der Waals surface area contributed by atoms with Crippen LogP contribution in [0.15, 0.2) is 42.5 Å². The normalized spacial score (nSPS) is 19.8. The molecule has 0 saturated heterocycles. The second-order valence-electron chi connectivity index (χ2n) is 10.7. The lowest BCUT2D eigenvalue weighted by molar-refractivity contribution is 0.302. The average molecular weight is 433 g/mol. The van der Waals surface area contributed by atoms with Crippen LogP contribution >= 0.6 is 0 Å². The maximum absolute atomic E-state index is 2.49. The van der Waals surface area contributed by atoms with Crippen LogP contribution < -0.4 is 0 Å². The minimum absolute atomic E-state index is 0.799. The lowest BCUT2D eigenvalue weighted by Crippen LogP contribution is -2.14. The predicted molar refractivity (Wildman–Crippen MR) is 142 cm³/mol. The molecule has 2 aromatic carbocycles. The van der Waals surface area contributed by atoms with E-state index in [9.17, 15) is 0 Å². The van der Waals surface area contributed by atoms with E-state index in [4.69, 9.17) is 0 Å². The molecule has 0 radical (unpaired) electrons. The van der Waals surface area contributed by atoms with Crippen LogP contribution in [0.4, 0.5) is 0 Å². The molecule has 3 rings (SSSR count). The van der Waals surface area contributed by atoms with E-state index in [2.05, 4.69) is 70.2 Å². The number of hydrogen-bond donors (Lipinski definition) is 0. The molecular formula is C32H48. The van der Waals surface area contributed by atoms with E-state index in [1.54, 1.807) is 16.7 Å². The molecule has 0 spiro atoms. The summed E-state index contributed by atoms with van der Waals surface area (Å²) in [5, 5.41) is 0. The number of aryl methyl sites for hydroxylation is 4. The fourth-order valence-electron chi connectivity index (χ4n) is 5.73. The molecule has 0 N–H and O–H groups in total. The molecule has 0 amide bonds. The number of benzene rings is 2. The molecule has 0 aromatic heterocycles. The van der Waals surface area contributed by atoms with Crippen molar-refractivity contribution in [3.8, 4) is 0 Å². The van der Waals surface area contributed by atoms with Gasteiger partial charge in [0.2, 0.25) is 0 Å². The highest BCUT2D eigenvalue weighted by atomic mass is 14.3. The number of hydrogen-bond acceptors (Lipinski definition) is 0. The van der Waals surface area contributed by atoms with Crippen molar-refractivity contribution in [1.82, 2.24) is 0 Å². The van der Waals surface area contributed by atoms with Crippen LogP contribution in [0.25, 0.3) is 0 Å². The average Bonchev–Trinajstić information content (AvgIpc) is 2.82. The molecule has 1 atom stereocenters. The Bertz CT molecular complexity index is 793. The summed E-state index contributed by atoms with van der Waals surface area (Å²) in [5.74, 6) is 2.62. The molecule has 1 fully saturated rings. The zero-order valence-electron chi connectivity index (χ0n) is 21.5. The van der Waals surface area contributed by atoms with Crippen LogP contribution in [0.1, 0.15) is 119 Å². The Hall–Kier alpha value is -1.56. The van der Waals surface area contributed by atoms with Gasteiger partial charge in [-0.2, -0.15) is 0 Å². The lowest BCUT2D eigenvalue weighted by atomic mass is 9.76. The molecular weight excluding hydrogens is 384 g/mol. The first-order valence-corrected chi connectivity index (χ1v) is 13.8. The zero-order valence-corrected chi connectivity index (χ0v) is 21.5. The predicted octanol–water partition coefficient (Wildman–Crippen LogP) is 9.61. The smallest absolute Gasteiger partial charge is 0.0159 e. The SMILES string of the molecule is CCCCC[C@H]1CC[C@H](c2ccc(CCc3ccccc3CCC(C)CC)cc2C)CC1. The third-order valence-electron chi connectivity index (χ3n) is 8.24. The standard InChI is InChI=1S/C32H48/c1-5-7-8-11-27-15-21-31(22-16-27)32-23-18-28(24-26(32)4)17-20-30-13-10-9-12-29(30)19-14-25(3)6-2/h9-10,12-13,18,23-25,27,31H,5-8,11,14-17,19-22H2,1-4H3/t25?,27-,31-. The molecule has 0 heterocycles. The highest BCUT2D eigenvalue weighted by molar-refractivity contribution is 5.35. The Balaban J connectivity index is 1.53. The Kier molecular flexibility index (Phi) is 10.4. The third-order valence-corrected chi connectivity index (χ3v) is 8.24. The molecule has 0 heteroatoms. The van der Waals surface area contributed by atoms with Gasteiger partial charge in [0.25, 0.3) is 0 Å². The van der Waals surface area contributed by atoms with Crippen molar-refractivity contribution in [3.63, 3.8) is 0 Å². The molecule has 0 nitrogen and oxygen atoms in total. The van der Waals surface area contributed by atoms with Crippen LogP contribution in [0.3, 0.4) is 0 Å². The van der Waals surface area contributed by atoms with E-state index in [-0.39, 0.29) is 0 Å². The van der Waals surface area contributed by atoms with Gasteiger partial charge in [0.15, 0.2) is 0 Å². The van der Waals surface area contributed by atoms with Crippen molar-refractivity contribution in [1.29, 1.82) is 0 Å². The summed E-state index contributed by atoms with van der Waals surface area (Å²) >= 11 is 0. The van der Waals surface area contributed by atoms with Crippen LogP contribution in [0, 0.1) is 18.8 Å². The summed E-state index contributed by atoms with van der Waals surface area (Å²) < 4.78 is 0. The number of unbranched alkanes of at least 4 members (excludes halogenated alkanes) is 2. The van der Waals surface area contributed by atoms with E-state index in [1.807, 2.05) is 0 Å². The van der Waals surface area contributed by atoms with Crippen LogP contribution in [-0.2, 0) is 19.3 Å². The quantitative estimate of drug-likeness (QED) is 0.293. The lowest BCUT2D eigenvalue weighted by Gasteiger charge is -2.30. The third kappa shape index (κ3) is 7.50. The van der Waals surface area contributed by atoms with Crippen molar-refractivity contribution in [2.45, 2.75) is 117 Å². The first-order chi connectivity index (χ1) is 15.6. The van der Waals surface area contributed by atoms with Gasteiger partial charge in [0.1, 0.15) is 0 Å². The van der Waals surface area contributed by atoms with Crippen LogP contribution in [0.2, 0.25) is 0 Å². The Morgan fingerprint density at radius 3 is 2.22 bits per heavy atom. The summed E-state index contributed by atoms with van der Waals surface area (Å²) in [6, 6.07) is 16.5. The highest BCUT2D eigenvalue weighted by Gasteiger charge is 2.23. The maximum atomic E-state index is 2.49. The fraction of sp³-hybridized carbons (Fsp3) is 0.625. The summed E-state index contributed by atoms with van der Waals surface area (Å²) in [4.78, 5) is 0. The zero-order chi connectivity index (χ0) is 22.8. The van der Waals surface area contributed by atoms with Gasteiger partial charge in [-0.3, -0.25) is 0 Å². The van der Waals surface area contributed by atoms with Crippen LogP contribution in [0.5, 0.6) is 0 Å². The van der Waals surface area contributed by atoms with Gasteiger partial charge < -0.3 is 0 Å². The molecule has 176 valence electrons. The molecule has 2 aromatic rings. The minimum Gasteiger partial charge on any atom is -0.0654 e. The topological polar surface area (TPSA) is 0 Å². The molecule has 32 heavy (non-hydrogen) atoms. The van der Waals surface area contributed by atoms with Gasteiger partial charge in [-0.05, 0) is 104 Å². The van der Waals surface area contributed by atoms with Gasteiger partial charge in [-0.1, -0.05) is 95.3 Å². The molecule has 1 saturated carbocycles. The summed E-state index contributed by atoms with van der Waals surface area (Å²) in [6.45, 7) is 9.36. The molecule has 1 aliphatic rings. The second-order valence-corrected chi connectivity index (χ2v) is 10.7. The van der Waals surface area contributed by atoms with Crippen molar-refractivity contribution < 1.29 is 0 Å². The first kappa shape index (κ1) is 25.1. The molecule has 0 aliphatic heterocycles. The van der Waals surface area contributed by atoms with E-state index >= 15 is 0 Å². The minimum atomic E-state index is 0.799. The Labute approximate surface area is 199 Å². The van der Waals surface area contributed by atoms with E-state index in [1.165, 1.54) is 88.2 Å². The fourth-order valence-corrected chi connectivity index (χ4v) is 5.73. The van der Waals surface area contributed by atoms with Crippen molar-refractivity contribution in [2.24, 2.45) is 11.8 Å². The Morgan fingerprint density at radius 1 is 0.844 bits per heavy atom. The monoisotopic (exact) mass is 432 g/mol. The largest absolute Gasteiger partial charge is 0.0654 e. The van der Waals surface area contributed by atoms with E-state index < -0.39 is 0 Å². The highest BCUT2D eigenvalue weighted by Crippen LogP contribution is 2.39. The summed E-state index contributed by atoms with van der Waals surface area (Å²) in [5.41, 5.74) is 7.80. The van der Waals surface area contributed by atoms with Crippen molar-refractivity contribution in [2.75, 3.05) is 0 Å². The first-order valence-electron chi connectivity index (χ1n) is 13.8. The van der Waals surface area contributed by atoms with Crippen LogP contribution in [-0.4, -0.2) is 0 Å². The van der Waals surface area contributed by atoms with Gasteiger partial charge in [0, 0.05) is 0 Å². The molecule has 1 aliphatic carbocycles.